The Bertz CT molecular complexity index is 692. The van der Waals surface area contributed by atoms with Crippen LogP contribution in [0.15, 0.2) is 42.6 Å². The first-order chi connectivity index (χ1) is 11.6. The molecule has 0 atom stereocenters. The van der Waals surface area contributed by atoms with Crippen LogP contribution in [0.4, 0.5) is 11.4 Å². The normalized spacial score (nSPS) is 14.7. The van der Waals surface area contributed by atoms with E-state index in [0.29, 0.717) is 37.9 Å². The van der Waals surface area contributed by atoms with Gasteiger partial charge in [0.2, 0.25) is 0 Å². The highest BCUT2D eigenvalue weighted by Gasteiger charge is 2.19. The van der Waals surface area contributed by atoms with Crippen molar-refractivity contribution in [2.45, 2.75) is 19.8 Å². The van der Waals surface area contributed by atoms with Crippen molar-refractivity contribution in [2.75, 3.05) is 31.6 Å². The Kier molecular flexibility index (Phi) is 5.11. The van der Waals surface area contributed by atoms with E-state index in [1.165, 1.54) is 5.56 Å². The second-order valence-corrected chi connectivity index (χ2v) is 6.20. The van der Waals surface area contributed by atoms with Gasteiger partial charge in [-0.15, -0.1) is 0 Å². The molecule has 5 heteroatoms. The van der Waals surface area contributed by atoms with E-state index in [9.17, 15) is 4.79 Å². The predicted octanol–water partition coefficient (Wildman–Crippen LogP) is 3.42. The van der Waals surface area contributed by atoms with Gasteiger partial charge in [-0.25, -0.2) is 4.98 Å². The summed E-state index contributed by atoms with van der Waals surface area (Å²) in [7, 11) is 0. The first kappa shape index (κ1) is 16.5. The van der Waals surface area contributed by atoms with E-state index >= 15 is 0 Å². The standard InChI is InChI=1S/C19H23N3O2/c1-14(2)16-5-3-4-6-17(16)21-15-7-8-18(20-13-15)19(23)22-9-11-24-12-10-22/h3-8,13-14,21H,9-12H2,1-2H3. The summed E-state index contributed by atoms with van der Waals surface area (Å²) in [6.07, 6.45) is 1.71. The molecule has 2 heterocycles. The zero-order valence-corrected chi connectivity index (χ0v) is 14.2. The van der Waals surface area contributed by atoms with E-state index in [2.05, 4.69) is 36.3 Å². The smallest absolute Gasteiger partial charge is 0.272 e. The lowest BCUT2D eigenvalue weighted by molar-refractivity contribution is 0.0299. The maximum absolute atomic E-state index is 12.4. The third-order valence-corrected chi connectivity index (χ3v) is 4.14. The molecule has 0 saturated carbocycles. The molecule has 1 fully saturated rings. The van der Waals surface area contributed by atoms with Gasteiger partial charge in [0.25, 0.3) is 5.91 Å². The Hall–Kier alpha value is -2.40. The van der Waals surface area contributed by atoms with E-state index in [1.54, 1.807) is 17.2 Å². The topological polar surface area (TPSA) is 54.5 Å². The van der Waals surface area contributed by atoms with Crippen molar-refractivity contribution in [3.05, 3.63) is 53.9 Å². The van der Waals surface area contributed by atoms with Gasteiger partial charge in [-0.1, -0.05) is 32.0 Å². The number of amides is 1. The molecule has 1 N–H and O–H groups in total. The number of rotatable bonds is 4. The monoisotopic (exact) mass is 325 g/mol. The fourth-order valence-corrected chi connectivity index (χ4v) is 2.79. The van der Waals surface area contributed by atoms with Gasteiger partial charge in [-0.05, 0) is 29.7 Å². The van der Waals surface area contributed by atoms with Crippen molar-refractivity contribution in [1.29, 1.82) is 0 Å². The maximum Gasteiger partial charge on any atom is 0.272 e. The number of anilines is 2. The SMILES string of the molecule is CC(C)c1ccccc1Nc1ccc(C(=O)N2CCOCC2)nc1. The Balaban J connectivity index is 1.72. The zero-order valence-electron chi connectivity index (χ0n) is 14.2. The van der Waals surface area contributed by atoms with Crippen LogP contribution in [0.1, 0.15) is 35.8 Å². The molecule has 0 radical (unpaired) electrons. The highest BCUT2D eigenvalue weighted by Crippen LogP contribution is 2.26. The van der Waals surface area contributed by atoms with E-state index in [4.69, 9.17) is 4.74 Å². The summed E-state index contributed by atoms with van der Waals surface area (Å²) in [6.45, 7) is 6.78. The highest BCUT2D eigenvalue weighted by molar-refractivity contribution is 5.92. The molecule has 126 valence electrons. The van der Waals surface area contributed by atoms with Gasteiger partial charge in [0.1, 0.15) is 5.69 Å². The van der Waals surface area contributed by atoms with Crippen molar-refractivity contribution < 1.29 is 9.53 Å². The van der Waals surface area contributed by atoms with E-state index in [0.717, 1.165) is 11.4 Å². The number of hydrogen-bond acceptors (Lipinski definition) is 4. The molecule has 1 aliphatic heterocycles. The third-order valence-electron chi connectivity index (χ3n) is 4.14. The predicted molar refractivity (Wildman–Crippen MR) is 94.8 cm³/mol. The molecule has 0 spiro atoms. The van der Waals surface area contributed by atoms with Crippen molar-refractivity contribution in [3.8, 4) is 0 Å². The summed E-state index contributed by atoms with van der Waals surface area (Å²) in [5, 5.41) is 3.39. The number of benzene rings is 1. The molecule has 0 unspecified atom stereocenters. The first-order valence-electron chi connectivity index (χ1n) is 8.34. The number of ether oxygens (including phenoxy) is 1. The summed E-state index contributed by atoms with van der Waals surface area (Å²) in [6, 6.07) is 11.9. The number of morpholine rings is 1. The van der Waals surface area contributed by atoms with E-state index < -0.39 is 0 Å². The number of nitrogens with zero attached hydrogens (tertiary/aromatic N) is 2. The fourth-order valence-electron chi connectivity index (χ4n) is 2.79. The van der Waals surface area contributed by atoms with Crippen molar-refractivity contribution >= 4 is 17.3 Å². The quantitative estimate of drug-likeness (QED) is 0.936. The average molecular weight is 325 g/mol. The minimum atomic E-state index is -0.0348. The summed E-state index contributed by atoms with van der Waals surface area (Å²) in [5.41, 5.74) is 3.67. The van der Waals surface area contributed by atoms with Gasteiger partial charge < -0.3 is 15.0 Å². The number of pyridine rings is 1. The van der Waals surface area contributed by atoms with E-state index in [-0.39, 0.29) is 5.91 Å². The molecule has 0 bridgehead atoms. The molecule has 1 aromatic heterocycles. The Morgan fingerprint density at radius 2 is 1.92 bits per heavy atom. The van der Waals surface area contributed by atoms with Gasteiger partial charge in [0, 0.05) is 18.8 Å². The molecular formula is C19H23N3O2. The molecule has 0 aliphatic carbocycles. The fraction of sp³-hybridized carbons (Fsp3) is 0.368. The average Bonchev–Trinajstić information content (AvgIpc) is 2.63. The van der Waals surface area contributed by atoms with Crippen molar-refractivity contribution in [1.82, 2.24) is 9.88 Å². The molecule has 1 saturated heterocycles. The zero-order chi connectivity index (χ0) is 16.9. The molecule has 2 aromatic rings. The molecule has 1 aliphatic rings. The molecule has 1 amide bonds. The molecule has 1 aromatic carbocycles. The molecule has 24 heavy (non-hydrogen) atoms. The lowest BCUT2D eigenvalue weighted by Crippen LogP contribution is -2.41. The maximum atomic E-state index is 12.4. The largest absolute Gasteiger partial charge is 0.378 e. The minimum Gasteiger partial charge on any atom is -0.378 e. The molecular weight excluding hydrogens is 302 g/mol. The van der Waals surface area contributed by atoms with Crippen LogP contribution in [0.3, 0.4) is 0 Å². The second-order valence-electron chi connectivity index (χ2n) is 6.20. The number of aromatic nitrogens is 1. The van der Waals surface area contributed by atoms with Crippen LogP contribution in [0, 0.1) is 0 Å². The summed E-state index contributed by atoms with van der Waals surface area (Å²) >= 11 is 0. The molecule has 3 rings (SSSR count). The van der Waals surface area contributed by atoms with E-state index in [1.807, 2.05) is 18.2 Å². The van der Waals surface area contributed by atoms with Crippen LogP contribution in [0.25, 0.3) is 0 Å². The summed E-state index contributed by atoms with van der Waals surface area (Å²) in [5.74, 6) is 0.399. The van der Waals surface area contributed by atoms with Gasteiger partial charge in [-0.2, -0.15) is 0 Å². The van der Waals surface area contributed by atoms with Crippen molar-refractivity contribution in [3.63, 3.8) is 0 Å². The van der Waals surface area contributed by atoms with Gasteiger partial charge in [0.05, 0.1) is 25.1 Å². The van der Waals surface area contributed by atoms with Crippen LogP contribution < -0.4 is 5.32 Å². The van der Waals surface area contributed by atoms with Gasteiger partial charge in [0.15, 0.2) is 0 Å². The van der Waals surface area contributed by atoms with Crippen LogP contribution in [0.2, 0.25) is 0 Å². The highest BCUT2D eigenvalue weighted by atomic mass is 16.5. The number of nitrogens with one attached hydrogen (secondary N) is 1. The summed E-state index contributed by atoms with van der Waals surface area (Å²) < 4.78 is 5.28. The second kappa shape index (κ2) is 7.45. The molecule has 5 nitrogen and oxygen atoms in total. The number of para-hydroxylation sites is 1. The van der Waals surface area contributed by atoms with Crippen LogP contribution >= 0.6 is 0 Å². The van der Waals surface area contributed by atoms with Crippen LogP contribution in [-0.2, 0) is 4.74 Å². The summed E-state index contributed by atoms with van der Waals surface area (Å²) in [4.78, 5) is 18.5. The van der Waals surface area contributed by atoms with Gasteiger partial charge >= 0.3 is 0 Å². The third kappa shape index (κ3) is 3.74. The number of carbonyl (C=O) groups is 1. The lowest BCUT2D eigenvalue weighted by Gasteiger charge is -2.26. The number of carbonyl (C=O) groups excluding carboxylic acids is 1. The van der Waals surface area contributed by atoms with Crippen LogP contribution in [0.5, 0.6) is 0 Å². The number of hydrogen-bond donors (Lipinski definition) is 1. The van der Waals surface area contributed by atoms with Gasteiger partial charge in [-0.3, -0.25) is 4.79 Å². The lowest BCUT2D eigenvalue weighted by atomic mass is 10.0. The Labute approximate surface area is 142 Å². The van der Waals surface area contributed by atoms with Crippen LogP contribution in [-0.4, -0.2) is 42.1 Å². The Morgan fingerprint density at radius 1 is 1.17 bits per heavy atom. The van der Waals surface area contributed by atoms with Crippen molar-refractivity contribution in [2.24, 2.45) is 0 Å². The minimum absolute atomic E-state index is 0.0348. The Morgan fingerprint density at radius 3 is 2.58 bits per heavy atom. The first-order valence-corrected chi connectivity index (χ1v) is 8.34.